The third-order valence-corrected chi connectivity index (χ3v) is 5.72. The fourth-order valence-corrected chi connectivity index (χ4v) is 4.15. The fourth-order valence-electron chi connectivity index (χ4n) is 4.15. The summed E-state index contributed by atoms with van der Waals surface area (Å²) in [6, 6.07) is 37.2. The van der Waals surface area contributed by atoms with Gasteiger partial charge in [0, 0.05) is 38.0 Å². The van der Waals surface area contributed by atoms with Gasteiger partial charge in [0.25, 0.3) is 0 Å². The van der Waals surface area contributed by atoms with Crippen molar-refractivity contribution in [1.82, 2.24) is 19.9 Å². The quantitative estimate of drug-likeness (QED) is 0.124. The molecule has 0 unspecified atom stereocenters. The van der Waals surface area contributed by atoms with Crippen LogP contribution in [0.25, 0.3) is 43.6 Å². The molecule has 175 valence electrons. The van der Waals surface area contributed by atoms with E-state index in [0.29, 0.717) is 0 Å². The molecule has 0 atom stereocenters. The van der Waals surface area contributed by atoms with Crippen molar-refractivity contribution in [3.8, 4) is 0 Å². The number of pyridine rings is 2. The van der Waals surface area contributed by atoms with Gasteiger partial charge in [0.1, 0.15) is 11.6 Å². The van der Waals surface area contributed by atoms with E-state index in [-0.39, 0.29) is 20.1 Å². The molecule has 36 heavy (non-hydrogen) atoms. The van der Waals surface area contributed by atoms with Crippen molar-refractivity contribution < 1.29 is 20.1 Å². The van der Waals surface area contributed by atoms with E-state index < -0.39 is 0 Å². The summed E-state index contributed by atoms with van der Waals surface area (Å²) in [5.74, 6) is 1.61. The summed E-state index contributed by atoms with van der Waals surface area (Å²) in [5.41, 5.74) is 3.72. The van der Waals surface area contributed by atoms with Gasteiger partial charge in [-0.2, -0.15) is 0 Å². The molecule has 0 bridgehead atoms. The van der Waals surface area contributed by atoms with E-state index in [1.807, 2.05) is 72.8 Å². The Labute approximate surface area is 221 Å². The smallest absolute Gasteiger partial charge is 0.131 e. The summed E-state index contributed by atoms with van der Waals surface area (Å²) in [6.07, 6.45) is 3.48. The van der Waals surface area contributed by atoms with Gasteiger partial charge in [0.05, 0.1) is 16.6 Å². The van der Waals surface area contributed by atoms with Gasteiger partial charge in [-0.3, -0.25) is 9.97 Å². The molecule has 0 saturated heterocycles. The third kappa shape index (κ3) is 4.65. The SMILES string of the molecule is [Ir].[c-]1cccc2c1c1nc3ccccc3nc1c1ccccc21.c1ccc(Nc2ccccn2)nc1. The molecule has 0 spiro atoms. The molecule has 0 fully saturated rings. The third-order valence-electron chi connectivity index (χ3n) is 5.72. The van der Waals surface area contributed by atoms with E-state index in [9.17, 15) is 0 Å². The second-order valence-electron chi connectivity index (χ2n) is 7.97. The first-order valence-electron chi connectivity index (χ1n) is 11.3. The number of hydrogen-bond donors (Lipinski definition) is 1. The zero-order chi connectivity index (χ0) is 23.5. The normalized spacial score (nSPS) is 10.6. The maximum absolute atomic E-state index is 4.87. The van der Waals surface area contributed by atoms with Gasteiger partial charge in [-0.15, -0.1) is 29.7 Å². The molecule has 1 N–H and O–H groups in total. The number of nitrogens with one attached hydrogen (secondary N) is 1. The van der Waals surface area contributed by atoms with Gasteiger partial charge in [0.2, 0.25) is 0 Å². The molecule has 4 aromatic carbocycles. The van der Waals surface area contributed by atoms with E-state index in [0.717, 1.165) is 44.5 Å². The molecule has 0 aliphatic heterocycles. The van der Waals surface area contributed by atoms with Gasteiger partial charge in [-0.1, -0.05) is 59.3 Å². The zero-order valence-corrected chi connectivity index (χ0v) is 21.5. The Bertz CT molecular complexity index is 1640. The number of para-hydroxylation sites is 2. The molecule has 1 radical (unpaired) electrons. The topological polar surface area (TPSA) is 63.6 Å². The van der Waals surface area contributed by atoms with Gasteiger partial charge >= 0.3 is 0 Å². The molecule has 6 heteroatoms. The summed E-state index contributed by atoms with van der Waals surface area (Å²) in [4.78, 5) is 18.0. The number of hydrogen-bond acceptors (Lipinski definition) is 5. The number of aromatic nitrogens is 4. The predicted octanol–water partition coefficient (Wildman–Crippen LogP) is 7.11. The number of nitrogens with zero attached hydrogens (tertiary/aromatic N) is 4. The Kier molecular flexibility index (Phi) is 6.89. The van der Waals surface area contributed by atoms with Crippen LogP contribution in [-0.4, -0.2) is 19.9 Å². The van der Waals surface area contributed by atoms with Crippen LogP contribution in [0.1, 0.15) is 0 Å². The number of fused-ring (bicyclic) bond motifs is 7. The van der Waals surface area contributed by atoms with Crippen molar-refractivity contribution in [3.63, 3.8) is 0 Å². The van der Waals surface area contributed by atoms with Crippen LogP contribution >= 0.6 is 0 Å². The Morgan fingerprint density at radius 1 is 0.528 bits per heavy atom. The average Bonchev–Trinajstić information content (AvgIpc) is 2.94. The average molecular weight is 643 g/mol. The largest absolute Gasteiger partial charge is 0.325 e. The predicted molar refractivity (Wildman–Crippen MR) is 143 cm³/mol. The summed E-state index contributed by atoms with van der Waals surface area (Å²) in [6.45, 7) is 0. The van der Waals surface area contributed by atoms with Gasteiger partial charge in [-0.25, -0.2) is 9.97 Å². The first-order chi connectivity index (χ1) is 17.4. The molecule has 0 aliphatic rings. The van der Waals surface area contributed by atoms with Crippen LogP contribution in [0, 0.1) is 6.07 Å². The molecule has 5 nitrogen and oxygen atoms in total. The summed E-state index contributed by atoms with van der Waals surface area (Å²) < 4.78 is 0. The molecule has 3 heterocycles. The summed E-state index contributed by atoms with van der Waals surface area (Å²) >= 11 is 0. The van der Waals surface area contributed by atoms with E-state index in [1.165, 1.54) is 10.8 Å². The molecule has 0 aliphatic carbocycles. The van der Waals surface area contributed by atoms with Crippen LogP contribution in [0.3, 0.4) is 0 Å². The molecular weight excluding hydrogens is 623 g/mol. The van der Waals surface area contributed by atoms with Crippen LogP contribution in [0.2, 0.25) is 0 Å². The number of rotatable bonds is 2. The van der Waals surface area contributed by atoms with Crippen molar-refractivity contribution in [2.75, 3.05) is 5.32 Å². The number of anilines is 2. The Balaban J connectivity index is 0.000000164. The number of benzene rings is 4. The minimum atomic E-state index is 0. The van der Waals surface area contributed by atoms with E-state index in [1.54, 1.807) is 12.4 Å². The van der Waals surface area contributed by atoms with Crippen LogP contribution in [0.5, 0.6) is 0 Å². The first kappa shape index (κ1) is 23.5. The van der Waals surface area contributed by atoms with Crippen LogP contribution < -0.4 is 5.32 Å². The van der Waals surface area contributed by atoms with Crippen molar-refractivity contribution in [3.05, 3.63) is 122 Å². The zero-order valence-electron chi connectivity index (χ0n) is 19.1. The van der Waals surface area contributed by atoms with Crippen LogP contribution in [0.15, 0.2) is 116 Å². The molecule has 7 aromatic rings. The molecule has 3 aromatic heterocycles. The monoisotopic (exact) mass is 643 g/mol. The molecule has 0 amide bonds. The first-order valence-corrected chi connectivity index (χ1v) is 11.3. The Morgan fingerprint density at radius 2 is 1.08 bits per heavy atom. The molecular formula is C30H20IrN5-. The minimum Gasteiger partial charge on any atom is -0.325 e. The second kappa shape index (κ2) is 10.6. The minimum absolute atomic E-state index is 0. The van der Waals surface area contributed by atoms with E-state index >= 15 is 0 Å². The molecule has 0 saturated carbocycles. The molecule has 7 rings (SSSR count). The maximum atomic E-state index is 4.87. The summed E-state index contributed by atoms with van der Waals surface area (Å²) in [7, 11) is 0. The van der Waals surface area contributed by atoms with Crippen molar-refractivity contribution in [2.45, 2.75) is 0 Å². The van der Waals surface area contributed by atoms with E-state index in [2.05, 4.69) is 51.7 Å². The summed E-state index contributed by atoms with van der Waals surface area (Å²) in [5, 5.41) is 7.64. The van der Waals surface area contributed by atoms with Gasteiger partial charge < -0.3 is 5.32 Å². The van der Waals surface area contributed by atoms with Gasteiger partial charge in [-0.05, 0) is 41.8 Å². The Hall–Kier alpha value is -4.25. The van der Waals surface area contributed by atoms with Gasteiger partial charge in [0.15, 0.2) is 0 Å². The standard InChI is InChI=1S/C20H11N2.C10H9N3.Ir/c1-3-9-15-13(7-1)14-8-2-4-10-16(14)20-19(15)21-17-11-5-6-12-18(17)22-20;1-3-7-11-9(5-1)13-10-6-2-4-8-12-10;/h1-9,11-12H;1-8H,(H,11,12,13);/q-1;;. The van der Waals surface area contributed by atoms with E-state index in [4.69, 9.17) is 9.97 Å². The Morgan fingerprint density at radius 3 is 1.72 bits per heavy atom. The van der Waals surface area contributed by atoms with Crippen molar-refractivity contribution in [1.29, 1.82) is 0 Å². The second-order valence-corrected chi connectivity index (χ2v) is 7.97. The fraction of sp³-hybridized carbons (Fsp3) is 0. The van der Waals surface area contributed by atoms with Crippen LogP contribution in [0.4, 0.5) is 11.6 Å². The maximum Gasteiger partial charge on any atom is 0.131 e. The van der Waals surface area contributed by atoms with Crippen LogP contribution in [-0.2, 0) is 20.1 Å². The van der Waals surface area contributed by atoms with Crippen molar-refractivity contribution >= 4 is 55.2 Å². The van der Waals surface area contributed by atoms with Crippen molar-refractivity contribution in [2.24, 2.45) is 0 Å².